The molecule has 0 bridgehead atoms. The lowest BCUT2D eigenvalue weighted by Crippen LogP contribution is -2.47. The van der Waals surface area contributed by atoms with E-state index in [9.17, 15) is 4.79 Å². The zero-order chi connectivity index (χ0) is 11.8. The predicted octanol–water partition coefficient (Wildman–Crippen LogP) is 2.53. The van der Waals surface area contributed by atoms with E-state index in [1.54, 1.807) is 0 Å². The minimum absolute atomic E-state index is 0.0429. The second-order valence-corrected chi connectivity index (χ2v) is 5.71. The molecule has 1 aliphatic heterocycles. The van der Waals surface area contributed by atoms with Crippen molar-refractivity contribution >= 4 is 5.97 Å². The van der Waals surface area contributed by atoms with Crippen LogP contribution in [-0.2, 0) is 14.3 Å². The highest BCUT2D eigenvalue weighted by Crippen LogP contribution is 2.36. The Labute approximate surface area is 97.5 Å². The van der Waals surface area contributed by atoms with Gasteiger partial charge in [0.15, 0.2) is 0 Å². The third kappa shape index (κ3) is 2.24. The molecule has 16 heavy (non-hydrogen) atoms. The summed E-state index contributed by atoms with van der Waals surface area (Å²) in [5.41, 5.74) is -0.340. The minimum atomic E-state index is -0.340. The minimum Gasteiger partial charge on any atom is -0.462 e. The second kappa shape index (κ2) is 4.36. The van der Waals surface area contributed by atoms with Crippen molar-refractivity contribution in [3.63, 3.8) is 0 Å². The van der Waals surface area contributed by atoms with Crippen LogP contribution in [0.3, 0.4) is 0 Å². The van der Waals surface area contributed by atoms with Crippen LogP contribution >= 0.6 is 0 Å². The summed E-state index contributed by atoms with van der Waals surface area (Å²) in [5.74, 6) is 0.593. The van der Waals surface area contributed by atoms with Crippen molar-refractivity contribution in [1.82, 2.24) is 0 Å². The van der Waals surface area contributed by atoms with Gasteiger partial charge in [0.05, 0.1) is 18.1 Å². The third-order valence-electron chi connectivity index (χ3n) is 4.10. The van der Waals surface area contributed by atoms with Crippen molar-refractivity contribution in [1.29, 1.82) is 0 Å². The summed E-state index contributed by atoms with van der Waals surface area (Å²) >= 11 is 0. The molecule has 2 rings (SSSR count). The van der Waals surface area contributed by atoms with E-state index in [1.807, 2.05) is 20.8 Å². The molecule has 0 N–H and O–H groups in total. The fourth-order valence-corrected chi connectivity index (χ4v) is 2.28. The standard InChI is InChI=1S/C13H22O3/c1-4-13(2,3)12(14)16-10-5-6-11-9(7-10)8-15-11/h9-11H,4-8H2,1-3H3. The quantitative estimate of drug-likeness (QED) is 0.694. The number of ether oxygens (including phenoxy) is 2. The topological polar surface area (TPSA) is 35.5 Å². The molecule has 0 amide bonds. The molecule has 3 unspecified atom stereocenters. The van der Waals surface area contributed by atoms with Crippen LogP contribution in [0.25, 0.3) is 0 Å². The number of carbonyl (C=O) groups excluding carboxylic acids is 1. The monoisotopic (exact) mass is 226 g/mol. The van der Waals surface area contributed by atoms with Gasteiger partial charge in [-0.25, -0.2) is 0 Å². The van der Waals surface area contributed by atoms with Gasteiger partial charge in [-0.05, 0) is 39.5 Å². The van der Waals surface area contributed by atoms with Crippen molar-refractivity contribution in [2.75, 3.05) is 6.61 Å². The molecule has 3 heteroatoms. The van der Waals surface area contributed by atoms with Crippen molar-refractivity contribution in [3.05, 3.63) is 0 Å². The summed E-state index contributed by atoms with van der Waals surface area (Å²) < 4.78 is 11.0. The van der Waals surface area contributed by atoms with E-state index in [-0.39, 0.29) is 17.5 Å². The van der Waals surface area contributed by atoms with E-state index in [4.69, 9.17) is 9.47 Å². The number of carbonyl (C=O) groups is 1. The van der Waals surface area contributed by atoms with Crippen LogP contribution in [0, 0.1) is 11.3 Å². The number of rotatable bonds is 3. The van der Waals surface area contributed by atoms with Crippen LogP contribution in [0.4, 0.5) is 0 Å². The summed E-state index contributed by atoms with van der Waals surface area (Å²) in [5, 5.41) is 0. The van der Waals surface area contributed by atoms with Gasteiger partial charge in [0.2, 0.25) is 0 Å². The average Bonchev–Trinajstić information content (AvgIpc) is 2.22. The normalized spacial score (nSPS) is 33.8. The highest BCUT2D eigenvalue weighted by molar-refractivity contribution is 5.76. The molecule has 3 nitrogen and oxygen atoms in total. The largest absolute Gasteiger partial charge is 0.462 e. The zero-order valence-electron chi connectivity index (χ0n) is 10.5. The molecule has 1 saturated carbocycles. The van der Waals surface area contributed by atoms with E-state index in [1.165, 1.54) is 0 Å². The van der Waals surface area contributed by atoms with Gasteiger partial charge < -0.3 is 9.47 Å². The van der Waals surface area contributed by atoms with Gasteiger partial charge >= 0.3 is 5.97 Å². The number of hydrogen-bond acceptors (Lipinski definition) is 3. The second-order valence-electron chi connectivity index (χ2n) is 5.71. The van der Waals surface area contributed by atoms with Crippen molar-refractivity contribution in [3.8, 4) is 0 Å². The Kier molecular flexibility index (Phi) is 3.24. The predicted molar refractivity (Wildman–Crippen MR) is 61.0 cm³/mol. The lowest BCUT2D eigenvalue weighted by Gasteiger charge is -2.43. The van der Waals surface area contributed by atoms with Gasteiger partial charge in [-0.15, -0.1) is 0 Å². The molecule has 0 aromatic carbocycles. The third-order valence-corrected chi connectivity index (χ3v) is 4.10. The number of esters is 1. The maximum Gasteiger partial charge on any atom is 0.311 e. The van der Waals surface area contributed by atoms with E-state index in [0.29, 0.717) is 12.0 Å². The first-order valence-corrected chi connectivity index (χ1v) is 6.35. The first-order chi connectivity index (χ1) is 7.53. The first-order valence-electron chi connectivity index (χ1n) is 6.35. The van der Waals surface area contributed by atoms with Gasteiger partial charge in [-0.3, -0.25) is 4.79 Å². The fourth-order valence-electron chi connectivity index (χ4n) is 2.28. The Morgan fingerprint density at radius 1 is 1.44 bits per heavy atom. The Morgan fingerprint density at radius 3 is 2.69 bits per heavy atom. The molecule has 92 valence electrons. The first kappa shape index (κ1) is 11.9. The van der Waals surface area contributed by atoms with Crippen LogP contribution in [0.1, 0.15) is 46.5 Å². The van der Waals surface area contributed by atoms with E-state index in [0.717, 1.165) is 32.3 Å². The van der Waals surface area contributed by atoms with Crippen LogP contribution < -0.4 is 0 Å². The molecule has 0 aromatic heterocycles. The highest BCUT2D eigenvalue weighted by Gasteiger charge is 2.40. The number of hydrogen-bond donors (Lipinski definition) is 0. The molecular weight excluding hydrogens is 204 g/mol. The van der Waals surface area contributed by atoms with Crippen molar-refractivity contribution < 1.29 is 14.3 Å². The molecule has 1 aliphatic carbocycles. The lowest BCUT2D eigenvalue weighted by molar-refractivity contribution is -0.181. The van der Waals surface area contributed by atoms with Gasteiger partial charge in [0, 0.05) is 5.92 Å². The SMILES string of the molecule is CCC(C)(C)C(=O)OC1CCC2OCC2C1. The van der Waals surface area contributed by atoms with Gasteiger partial charge in [-0.2, -0.15) is 0 Å². The molecule has 1 saturated heterocycles. The average molecular weight is 226 g/mol. The molecule has 1 heterocycles. The van der Waals surface area contributed by atoms with Crippen molar-refractivity contribution in [2.45, 2.75) is 58.7 Å². The van der Waals surface area contributed by atoms with Gasteiger partial charge in [0.1, 0.15) is 6.10 Å². The summed E-state index contributed by atoms with van der Waals surface area (Å²) in [6.45, 7) is 6.79. The van der Waals surface area contributed by atoms with Gasteiger partial charge in [0.25, 0.3) is 0 Å². The molecular formula is C13H22O3. The maximum absolute atomic E-state index is 11.9. The molecule has 3 atom stereocenters. The Bertz CT molecular complexity index is 272. The molecule has 0 aromatic rings. The maximum atomic E-state index is 11.9. The lowest BCUT2D eigenvalue weighted by atomic mass is 9.81. The Morgan fingerprint density at radius 2 is 2.19 bits per heavy atom. The smallest absolute Gasteiger partial charge is 0.311 e. The summed E-state index contributed by atoms with van der Waals surface area (Å²) in [4.78, 5) is 11.9. The fraction of sp³-hybridized carbons (Fsp3) is 0.923. The van der Waals surface area contributed by atoms with Crippen molar-refractivity contribution in [2.24, 2.45) is 11.3 Å². The zero-order valence-corrected chi connectivity index (χ0v) is 10.5. The van der Waals surface area contributed by atoms with Crippen LogP contribution in [-0.4, -0.2) is 24.8 Å². The van der Waals surface area contributed by atoms with Crippen LogP contribution in [0.5, 0.6) is 0 Å². The van der Waals surface area contributed by atoms with Gasteiger partial charge in [-0.1, -0.05) is 6.92 Å². The molecule has 2 fully saturated rings. The highest BCUT2D eigenvalue weighted by atomic mass is 16.5. The molecule has 0 spiro atoms. The summed E-state index contributed by atoms with van der Waals surface area (Å²) in [6, 6.07) is 0. The van der Waals surface area contributed by atoms with E-state index < -0.39 is 0 Å². The Balaban J connectivity index is 1.83. The number of fused-ring (bicyclic) bond motifs is 1. The summed E-state index contributed by atoms with van der Waals surface area (Å²) in [7, 11) is 0. The molecule has 0 radical (unpaired) electrons. The summed E-state index contributed by atoms with van der Waals surface area (Å²) in [6.07, 6.45) is 4.42. The van der Waals surface area contributed by atoms with Crippen LogP contribution in [0.2, 0.25) is 0 Å². The van der Waals surface area contributed by atoms with Crippen LogP contribution in [0.15, 0.2) is 0 Å². The molecule has 2 aliphatic rings. The Hall–Kier alpha value is -0.570. The van der Waals surface area contributed by atoms with E-state index in [2.05, 4.69) is 0 Å². The van der Waals surface area contributed by atoms with E-state index >= 15 is 0 Å².